The van der Waals surface area contributed by atoms with Crippen molar-refractivity contribution < 1.29 is 17.9 Å². The van der Waals surface area contributed by atoms with Gasteiger partial charge in [-0.1, -0.05) is 29.8 Å². The Bertz CT molecular complexity index is 815. The van der Waals surface area contributed by atoms with Crippen LogP contribution in [0.15, 0.2) is 70.6 Å². The number of carbonyl (C=O) groups excluding carboxylic acids is 1. The Hall–Kier alpha value is -2.31. The van der Waals surface area contributed by atoms with E-state index < -0.39 is 20.7 Å². The molecule has 2 aromatic carbocycles. The number of halogens is 1. The van der Waals surface area contributed by atoms with Crippen molar-refractivity contribution in [2.45, 2.75) is 4.90 Å². The minimum Gasteiger partial charge on any atom is -0.465 e. The molecule has 7 heteroatoms. The van der Waals surface area contributed by atoms with Crippen LogP contribution in [0.25, 0.3) is 0 Å². The third kappa shape index (κ3) is 4.12. The summed E-state index contributed by atoms with van der Waals surface area (Å²) in [5.74, 6) is -0.949. The van der Waals surface area contributed by atoms with Crippen molar-refractivity contribution in [1.29, 1.82) is 0 Å². The second kappa shape index (κ2) is 7.30. The molecule has 0 aliphatic rings. The van der Waals surface area contributed by atoms with E-state index in [4.69, 9.17) is 11.6 Å². The predicted molar refractivity (Wildman–Crippen MR) is 88.8 cm³/mol. The van der Waals surface area contributed by atoms with E-state index in [-0.39, 0.29) is 4.90 Å². The average molecular weight is 352 g/mol. The second-order valence-electron chi connectivity index (χ2n) is 4.47. The fourth-order valence-corrected chi connectivity index (χ4v) is 3.18. The van der Waals surface area contributed by atoms with Gasteiger partial charge in [0.1, 0.15) is 0 Å². The number of hydrogen-bond acceptors (Lipinski definition) is 5. The number of anilines is 1. The molecule has 2 aromatic rings. The summed E-state index contributed by atoms with van der Waals surface area (Å²) < 4.78 is 29.7. The van der Waals surface area contributed by atoms with Crippen LogP contribution in [0, 0.1) is 0 Å². The average Bonchev–Trinajstić information content (AvgIpc) is 2.57. The van der Waals surface area contributed by atoms with Crippen LogP contribution in [0.1, 0.15) is 0 Å². The zero-order valence-corrected chi connectivity index (χ0v) is 13.8. The predicted octanol–water partition coefficient (Wildman–Crippen LogP) is 3.24. The Kier molecular flexibility index (Phi) is 5.41. The van der Waals surface area contributed by atoms with Crippen molar-refractivity contribution in [3.63, 3.8) is 0 Å². The van der Waals surface area contributed by atoms with Gasteiger partial charge >= 0.3 is 5.97 Å². The number of esters is 1. The summed E-state index contributed by atoms with van der Waals surface area (Å²) in [4.78, 5) is 11.4. The lowest BCUT2D eigenvalue weighted by Crippen LogP contribution is -2.16. The molecular weight excluding hydrogens is 338 g/mol. The van der Waals surface area contributed by atoms with Crippen LogP contribution in [0.2, 0.25) is 5.02 Å². The van der Waals surface area contributed by atoms with Crippen molar-refractivity contribution in [2.24, 2.45) is 0 Å². The van der Waals surface area contributed by atoms with Gasteiger partial charge < -0.3 is 10.1 Å². The number of benzene rings is 2. The van der Waals surface area contributed by atoms with Crippen molar-refractivity contribution in [2.75, 3.05) is 12.4 Å². The largest absolute Gasteiger partial charge is 0.465 e. The Morgan fingerprint density at radius 1 is 1.09 bits per heavy atom. The van der Waals surface area contributed by atoms with Gasteiger partial charge in [-0.3, -0.25) is 0 Å². The van der Waals surface area contributed by atoms with Gasteiger partial charge in [0.05, 0.1) is 12.0 Å². The zero-order chi connectivity index (χ0) is 16.9. The molecule has 0 spiro atoms. The number of hydrogen-bond donors (Lipinski definition) is 1. The molecule has 120 valence electrons. The molecule has 0 atom stereocenters. The Morgan fingerprint density at radius 3 is 2.26 bits per heavy atom. The maximum atomic E-state index is 12.6. The maximum absolute atomic E-state index is 12.6. The van der Waals surface area contributed by atoms with Gasteiger partial charge in [0.25, 0.3) is 0 Å². The van der Waals surface area contributed by atoms with Crippen LogP contribution in [-0.2, 0) is 19.4 Å². The van der Waals surface area contributed by atoms with E-state index in [1.165, 1.54) is 12.1 Å². The molecule has 0 radical (unpaired) electrons. The topological polar surface area (TPSA) is 72.5 Å². The molecule has 0 heterocycles. The smallest absolute Gasteiger partial charge is 0.351 e. The molecule has 0 aromatic heterocycles. The molecule has 0 saturated heterocycles. The summed E-state index contributed by atoms with van der Waals surface area (Å²) in [7, 11) is -2.87. The van der Waals surface area contributed by atoms with Crippen molar-refractivity contribution in [1.82, 2.24) is 0 Å². The highest BCUT2D eigenvalue weighted by Gasteiger charge is 2.27. The molecule has 0 fully saturated rings. The van der Waals surface area contributed by atoms with E-state index in [1.54, 1.807) is 42.5 Å². The molecule has 0 bridgehead atoms. The zero-order valence-electron chi connectivity index (χ0n) is 12.2. The summed E-state index contributed by atoms with van der Waals surface area (Å²) in [5.41, 5.74) is 0.582. The lowest BCUT2D eigenvalue weighted by atomic mass is 10.3. The molecule has 0 unspecified atom stereocenters. The number of sulfone groups is 1. The molecule has 0 amide bonds. The first-order valence-corrected chi connectivity index (χ1v) is 8.42. The number of ether oxygens (including phenoxy) is 1. The van der Waals surface area contributed by atoms with E-state index in [9.17, 15) is 13.2 Å². The normalized spacial score (nSPS) is 11.8. The lowest BCUT2D eigenvalue weighted by molar-refractivity contribution is -0.135. The molecule has 23 heavy (non-hydrogen) atoms. The molecule has 0 aliphatic heterocycles. The van der Waals surface area contributed by atoms with Gasteiger partial charge in [0.15, 0.2) is 4.91 Å². The second-order valence-corrected chi connectivity index (χ2v) is 6.82. The molecule has 0 saturated carbocycles. The highest BCUT2D eigenvalue weighted by molar-refractivity contribution is 7.96. The number of methoxy groups -OCH3 is 1. The quantitative estimate of drug-likeness (QED) is 0.661. The highest BCUT2D eigenvalue weighted by Crippen LogP contribution is 2.21. The monoisotopic (exact) mass is 351 g/mol. The van der Waals surface area contributed by atoms with Gasteiger partial charge in [-0.05, 0) is 36.4 Å². The summed E-state index contributed by atoms with van der Waals surface area (Å²) in [6.45, 7) is 0. The number of rotatable bonds is 5. The van der Waals surface area contributed by atoms with E-state index in [0.717, 1.165) is 13.3 Å². The number of nitrogens with one attached hydrogen (secondary N) is 1. The maximum Gasteiger partial charge on any atom is 0.351 e. The molecule has 0 aliphatic carbocycles. The van der Waals surface area contributed by atoms with Crippen LogP contribution < -0.4 is 5.32 Å². The fourth-order valence-electron chi connectivity index (χ4n) is 1.77. The van der Waals surface area contributed by atoms with Crippen molar-refractivity contribution >= 4 is 33.1 Å². The van der Waals surface area contributed by atoms with Crippen LogP contribution in [-0.4, -0.2) is 21.5 Å². The molecule has 2 rings (SSSR count). The van der Waals surface area contributed by atoms with Crippen LogP contribution in [0.4, 0.5) is 5.69 Å². The van der Waals surface area contributed by atoms with Crippen molar-refractivity contribution in [3.05, 3.63) is 70.7 Å². The van der Waals surface area contributed by atoms with Gasteiger partial charge in [0.2, 0.25) is 9.84 Å². The lowest BCUT2D eigenvalue weighted by Gasteiger charge is -2.08. The van der Waals surface area contributed by atoms with E-state index in [0.29, 0.717) is 10.7 Å². The molecule has 1 N–H and O–H groups in total. The Balaban J connectivity index is 2.39. The Morgan fingerprint density at radius 2 is 1.70 bits per heavy atom. The van der Waals surface area contributed by atoms with E-state index >= 15 is 0 Å². The van der Waals surface area contributed by atoms with Gasteiger partial charge in [-0.25, -0.2) is 13.2 Å². The van der Waals surface area contributed by atoms with Crippen molar-refractivity contribution in [3.8, 4) is 0 Å². The number of carbonyl (C=O) groups is 1. The molecule has 5 nitrogen and oxygen atoms in total. The minimum absolute atomic E-state index is 0.00885. The minimum atomic E-state index is -3.99. The van der Waals surface area contributed by atoms with Crippen LogP contribution in [0.3, 0.4) is 0 Å². The summed E-state index contributed by atoms with van der Waals surface area (Å²) in [6.07, 6.45) is 1.11. The first kappa shape index (κ1) is 17.1. The molecular formula is C16H14ClNO4S. The SMILES string of the molecule is COC(=O)/C(=C/Nc1ccc(Cl)cc1)S(=O)(=O)c1ccccc1. The van der Waals surface area contributed by atoms with Gasteiger partial charge in [-0.15, -0.1) is 0 Å². The standard InChI is InChI=1S/C16H14ClNO4S/c1-22-16(19)15(11-18-13-9-7-12(17)8-10-13)23(20,21)14-5-3-2-4-6-14/h2-11,18H,1H3/b15-11-. The van der Waals surface area contributed by atoms with Gasteiger partial charge in [0, 0.05) is 16.9 Å². The first-order valence-electron chi connectivity index (χ1n) is 6.56. The highest BCUT2D eigenvalue weighted by atomic mass is 35.5. The Labute approximate surface area is 139 Å². The van der Waals surface area contributed by atoms with E-state index in [2.05, 4.69) is 10.1 Å². The summed E-state index contributed by atoms with van der Waals surface area (Å²) >= 11 is 5.79. The van der Waals surface area contributed by atoms with Crippen LogP contribution in [0.5, 0.6) is 0 Å². The van der Waals surface area contributed by atoms with E-state index in [1.807, 2.05) is 0 Å². The third-order valence-electron chi connectivity index (χ3n) is 2.94. The first-order chi connectivity index (χ1) is 10.9. The summed E-state index contributed by atoms with van der Waals surface area (Å²) in [6, 6.07) is 14.3. The van der Waals surface area contributed by atoms with Gasteiger partial charge in [-0.2, -0.15) is 0 Å². The fraction of sp³-hybridized carbons (Fsp3) is 0.0625. The van der Waals surface area contributed by atoms with Crippen LogP contribution >= 0.6 is 11.6 Å². The summed E-state index contributed by atoms with van der Waals surface area (Å²) in [5, 5.41) is 3.31. The third-order valence-corrected chi connectivity index (χ3v) is 4.95.